The van der Waals surface area contributed by atoms with Gasteiger partial charge in [0.2, 0.25) is 5.91 Å². The first-order chi connectivity index (χ1) is 9.06. The lowest BCUT2D eigenvalue weighted by atomic mass is 10.0. The number of hydrogen-bond acceptors (Lipinski definition) is 3. The molecule has 0 aliphatic carbocycles. The van der Waals surface area contributed by atoms with Crippen LogP contribution in [0.25, 0.3) is 0 Å². The molecule has 102 valence electrons. The molecule has 2 N–H and O–H groups in total. The smallest absolute Gasteiger partial charge is 0.232 e. The summed E-state index contributed by atoms with van der Waals surface area (Å²) in [6, 6.07) is 4.04. The van der Waals surface area contributed by atoms with Crippen LogP contribution in [-0.4, -0.2) is 25.2 Å². The van der Waals surface area contributed by atoms with Gasteiger partial charge in [-0.05, 0) is 43.9 Å². The van der Waals surface area contributed by atoms with Crippen LogP contribution in [-0.2, 0) is 16.0 Å². The number of amides is 1. The fourth-order valence-corrected chi connectivity index (χ4v) is 3.02. The van der Waals surface area contributed by atoms with Crippen LogP contribution in [0.15, 0.2) is 12.1 Å². The van der Waals surface area contributed by atoms with Gasteiger partial charge in [0.1, 0.15) is 0 Å². The zero-order valence-corrected chi connectivity index (χ0v) is 11.5. The van der Waals surface area contributed by atoms with E-state index in [4.69, 9.17) is 10.5 Å². The van der Waals surface area contributed by atoms with E-state index < -0.39 is 0 Å². The predicted octanol–water partition coefficient (Wildman–Crippen LogP) is 1.89. The summed E-state index contributed by atoms with van der Waals surface area (Å²) in [6.07, 6.45) is 1.94. The number of fused-ring (bicyclic) bond motifs is 1. The molecule has 4 heteroatoms. The van der Waals surface area contributed by atoms with Crippen LogP contribution in [0.5, 0.6) is 0 Å². The first-order valence-electron chi connectivity index (χ1n) is 6.88. The fourth-order valence-electron chi connectivity index (χ4n) is 3.02. The molecule has 2 aliphatic rings. The number of hydrogen-bond donors (Lipinski definition) is 1. The standard InChI is InChI=1S/C15H20N2O2/c1-9-5-11-3-4-17(14(11)7-13(9)16)15(18)12-6-10(2)19-8-12/h5,7,10,12H,3-4,6,8,16H2,1-2H3. The minimum Gasteiger partial charge on any atom is -0.398 e. The van der Waals surface area contributed by atoms with Crippen LogP contribution in [0.1, 0.15) is 24.5 Å². The molecule has 1 aromatic carbocycles. The van der Waals surface area contributed by atoms with Crippen LogP contribution in [0.3, 0.4) is 0 Å². The van der Waals surface area contributed by atoms with Gasteiger partial charge in [-0.2, -0.15) is 0 Å². The Morgan fingerprint density at radius 2 is 2.26 bits per heavy atom. The number of carbonyl (C=O) groups is 1. The Balaban J connectivity index is 1.86. The monoisotopic (exact) mass is 260 g/mol. The van der Waals surface area contributed by atoms with Crippen LogP contribution in [0.2, 0.25) is 0 Å². The molecule has 0 saturated carbocycles. The van der Waals surface area contributed by atoms with Crippen molar-refractivity contribution in [2.75, 3.05) is 23.8 Å². The predicted molar refractivity (Wildman–Crippen MR) is 75.2 cm³/mol. The van der Waals surface area contributed by atoms with Crippen LogP contribution >= 0.6 is 0 Å². The first-order valence-corrected chi connectivity index (χ1v) is 6.88. The van der Waals surface area contributed by atoms with Crippen molar-refractivity contribution in [3.05, 3.63) is 23.3 Å². The summed E-state index contributed by atoms with van der Waals surface area (Å²) in [5, 5.41) is 0. The highest BCUT2D eigenvalue weighted by Gasteiger charge is 2.34. The molecule has 4 nitrogen and oxygen atoms in total. The molecule has 0 radical (unpaired) electrons. The number of ether oxygens (including phenoxy) is 1. The number of rotatable bonds is 1. The van der Waals surface area contributed by atoms with Gasteiger partial charge in [0, 0.05) is 17.9 Å². The molecule has 19 heavy (non-hydrogen) atoms. The van der Waals surface area contributed by atoms with E-state index in [1.54, 1.807) is 0 Å². The highest BCUT2D eigenvalue weighted by Crippen LogP contribution is 2.34. The zero-order chi connectivity index (χ0) is 13.6. The molecule has 2 heterocycles. The minimum atomic E-state index is 0.00322. The SMILES string of the molecule is Cc1cc2c(cc1N)N(C(=O)C1COC(C)C1)CC2. The average molecular weight is 260 g/mol. The molecule has 1 saturated heterocycles. The van der Waals surface area contributed by atoms with Gasteiger partial charge in [-0.1, -0.05) is 6.07 Å². The van der Waals surface area contributed by atoms with E-state index in [1.165, 1.54) is 5.56 Å². The molecule has 0 bridgehead atoms. The quantitative estimate of drug-likeness (QED) is 0.784. The summed E-state index contributed by atoms with van der Waals surface area (Å²) in [5.41, 5.74) is 10.0. The first kappa shape index (κ1) is 12.5. The van der Waals surface area contributed by atoms with E-state index in [1.807, 2.05) is 24.8 Å². The average Bonchev–Trinajstić information content (AvgIpc) is 2.96. The molecule has 3 rings (SSSR count). The second-order valence-corrected chi connectivity index (χ2v) is 5.65. The summed E-state index contributed by atoms with van der Waals surface area (Å²) in [6.45, 7) is 5.34. The normalized spacial score (nSPS) is 25.7. The molecule has 0 spiro atoms. The van der Waals surface area contributed by atoms with Crippen molar-refractivity contribution >= 4 is 17.3 Å². The Morgan fingerprint density at radius 1 is 1.47 bits per heavy atom. The Bertz CT molecular complexity index is 527. The van der Waals surface area contributed by atoms with Crippen molar-refractivity contribution in [3.8, 4) is 0 Å². The molecule has 1 amide bonds. The lowest BCUT2D eigenvalue weighted by Crippen LogP contribution is -2.35. The maximum atomic E-state index is 12.6. The Hall–Kier alpha value is -1.55. The number of nitrogens with zero attached hydrogens (tertiary/aromatic N) is 1. The Morgan fingerprint density at radius 3 is 2.95 bits per heavy atom. The van der Waals surface area contributed by atoms with Crippen LogP contribution < -0.4 is 10.6 Å². The van der Waals surface area contributed by atoms with E-state index in [2.05, 4.69) is 6.07 Å². The third-order valence-corrected chi connectivity index (χ3v) is 4.18. The summed E-state index contributed by atoms with van der Waals surface area (Å²) in [5.74, 6) is 0.190. The van der Waals surface area contributed by atoms with Crippen molar-refractivity contribution in [1.29, 1.82) is 0 Å². The lowest BCUT2D eigenvalue weighted by molar-refractivity contribution is -0.122. The van der Waals surface area contributed by atoms with E-state index in [0.29, 0.717) is 6.61 Å². The third-order valence-electron chi connectivity index (χ3n) is 4.18. The minimum absolute atomic E-state index is 0.00322. The van der Waals surface area contributed by atoms with E-state index in [0.717, 1.165) is 36.3 Å². The molecule has 2 aliphatic heterocycles. The maximum Gasteiger partial charge on any atom is 0.232 e. The largest absolute Gasteiger partial charge is 0.398 e. The molecular formula is C15H20N2O2. The Kier molecular flexibility index (Phi) is 2.97. The van der Waals surface area contributed by atoms with Gasteiger partial charge in [0.05, 0.1) is 18.6 Å². The summed E-state index contributed by atoms with van der Waals surface area (Å²) in [7, 11) is 0. The number of carbonyl (C=O) groups excluding carboxylic acids is 1. The van der Waals surface area contributed by atoms with Crippen molar-refractivity contribution in [2.24, 2.45) is 5.92 Å². The van der Waals surface area contributed by atoms with Gasteiger partial charge < -0.3 is 15.4 Å². The Labute approximate surface area is 113 Å². The van der Waals surface area contributed by atoms with Crippen molar-refractivity contribution < 1.29 is 9.53 Å². The number of nitrogens with two attached hydrogens (primary N) is 1. The van der Waals surface area contributed by atoms with E-state index in [9.17, 15) is 4.79 Å². The fraction of sp³-hybridized carbons (Fsp3) is 0.533. The topological polar surface area (TPSA) is 55.6 Å². The third kappa shape index (κ3) is 2.10. The lowest BCUT2D eigenvalue weighted by Gasteiger charge is -2.21. The summed E-state index contributed by atoms with van der Waals surface area (Å²) >= 11 is 0. The molecule has 1 fully saturated rings. The maximum absolute atomic E-state index is 12.6. The second kappa shape index (κ2) is 4.53. The molecular weight excluding hydrogens is 240 g/mol. The van der Waals surface area contributed by atoms with Gasteiger partial charge in [0.25, 0.3) is 0 Å². The van der Waals surface area contributed by atoms with Crippen LogP contribution in [0, 0.1) is 12.8 Å². The second-order valence-electron chi connectivity index (χ2n) is 5.65. The van der Waals surface area contributed by atoms with E-state index in [-0.39, 0.29) is 17.9 Å². The summed E-state index contributed by atoms with van der Waals surface area (Å²) < 4.78 is 5.50. The molecule has 2 atom stereocenters. The van der Waals surface area contributed by atoms with Crippen molar-refractivity contribution in [3.63, 3.8) is 0 Å². The van der Waals surface area contributed by atoms with Crippen molar-refractivity contribution in [1.82, 2.24) is 0 Å². The van der Waals surface area contributed by atoms with Gasteiger partial charge in [-0.25, -0.2) is 0 Å². The number of benzene rings is 1. The molecule has 0 aromatic heterocycles. The number of nitrogen functional groups attached to an aromatic ring is 1. The van der Waals surface area contributed by atoms with Crippen LogP contribution in [0.4, 0.5) is 11.4 Å². The zero-order valence-electron chi connectivity index (χ0n) is 11.5. The van der Waals surface area contributed by atoms with E-state index >= 15 is 0 Å². The number of aryl methyl sites for hydroxylation is 1. The number of anilines is 2. The van der Waals surface area contributed by atoms with Gasteiger partial charge in [-0.3, -0.25) is 4.79 Å². The van der Waals surface area contributed by atoms with Crippen molar-refractivity contribution in [2.45, 2.75) is 32.8 Å². The van der Waals surface area contributed by atoms with Gasteiger partial charge in [0.15, 0.2) is 0 Å². The van der Waals surface area contributed by atoms with Gasteiger partial charge >= 0.3 is 0 Å². The summed E-state index contributed by atoms with van der Waals surface area (Å²) in [4.78, 5) is 14.4. The van der Waals surface area contributed by atoms with Gasteiger partial charge in [-0.15, -0.1) is 0 Å². The molecule has 1 aromatic rings. The molecule has 2 unspecified atom stereocenters. The highest BCUT2D eigenvalue weighted by molar-refractivity contribution is 5.97. The highest BCUT2D eigenvalue weighted by atomic mass is 16.5.